The Morgan fingerprint density at radius 2 is 1.88 bits per heavy atom. The van der Waals surface area contributed by atoms with Crippen LogP contribution >= 0.6 is 0 Å². The van der Waals surface area contributed by atoms with Crippen LogP contribution in [0.5, 0.6) is 0 Å². The highest BCUT2D eigenvalue weighted by molar-refractivity contribution is 7.90. The average molecular weight is 263 g/mol. The number of nitrogens with one attached hydrogen (secondary N) is 1. The summed E-state index contributed by atoms with van der Waals surface area (Å²) in [5, 5.41) is 8.18. The second kappa shape index (κ2) is 6.71. The predicted octanol–water partition coefficient (Wildman–Crippen LogP) is 1.65. The third-order valence-electron chi connectivity index (χ3n) is 3.66. The maximum absolute atomic E-state index is 11.8. The molecular formula is C12H25NO3S. The first-order valence-corrected chi connectivity index (χ1v) is 8.16. The van der Waals surface area contributed by atoms with Crippen molar-refractivity contribution in [2.75, 3.05) is 6.61 Å². The van der Waals surface area contributed by atoms with Crippen molar-refractivity contribution in [2.24, 2.45) is 5.92 Å². The molecule has 17 heavy (non-hydrogen) atoms. The second-order valence-corrected chi connectivity index (χ2v) is 7.29. The highest BCUT2D eigenvalue weighted by Gasteiger charge is 2.27. The van der Waals surface area contributed by atoms with Crippen LogP contribution < -0.4 is 4.72 Å². The summed E-state index contributed by atoms with van der Waals surface area (Å²) in [4.78, 5) is 0. The molecule has 0 saturated heterocycles. The van der Waals surface area contributed by atoms with E-state index in [2.05, 4.69) is 11.6 Å². The molecule has 0 spiro atoms. The fraction of sp³-hybridized carbons (Fsp3) is 1.00. The zero-order chi connectivity index (χ0) is 12.9. The highest BCUT2D eigenvalue weighted by atomic mass is 32.2. The molecular weight excluding hydrogens is 238 g/mol. The molecule has 1 saturated carbocycles. The van der Waals surface area contributed by atoms with E-state index in [0.29, 0.717) is 0 Å². The number of aliphatic hydroxyl groups excluding tert-OH is 1. The molecule has 1 aliphatic rings. The molecule has 1 unspecified atom stereocenters. The Labute approximate surface area is 105 Å². The maximum Gasteiger partial charge on any atom is 0.216 e. The molecule has 0 aromatic carbocycles. The number of sulfonamides is 1. The third kappa shape index (κ3) is 4.56. The first-order chi connectivity index (χ1) is 7.99. The van der Waals surface area contributed by atoms with Gasteiger partial charge in [-0.15, -0.1) is 0 Å². The number of rotatable bonds is 6. The molecule has 0 radical (unpaired) electrons. The van der Waals surface area contributed by atoms with Crippen LogP contribution in [0, 0.1) is 5.92 Å². The van der Waals surface area contributed by atoms with Gasteiger partial charge in [0.1, 0.15) is 0 Å². The van der Waals surface area contributed by atoms with Gasteiger partial charge in [-0.1, -0.05) is 19.8 Å². The summed E-state index contributed by atoms with van der Waals surface area (Å²) in [6.45, 7) is 3.41. The molecule has 0 aliphatic heterocycles. The topological polar surface area (TPSA) is 66.4 Å². The van der Waals surface area contributed by atoms with Gasteiger partial charge in [-0.05, 0) is 38.5 Å². The average Bonchev–Trinajstić information content (AvgIpc) is 2.30. The van der Waals surface area contributed by atoms with Crippen LogP contribution in [0.3, 0.4) is 0 Å². The van der Waals surface area contributed by atoms with Crippen LogP contribution in [0.25, 0.3) is 0 Å². The molecule has 0 aromatic heterocycles. The molecule has 102 valence electrons. The SMILES string of the molecule is CCCC1CCC(NS(=O)(=O)C(C)CO)CC1. The van der Waals surface area contributed by atoms with Crippen molar-refractivity contribution in [1.82, 2.24) is 4.72 Å². The van der Waals surface area contributed by atoms with Gasteiger partial charge in [-0.3, -0.25) is 0 Å². The van der Waals surface area contributed by atoms with Crippen LogP contribution in [0.1, 0.15) is 52.4 Å². The van der Waals surface area contributed by atoms with Crippen LogP contribution in [-0.2, 0) is 10.0 Å². The van der Waals surface area contributed by atoms with Crippen LogP contribution in [0.4, 0.5) is 0 Å². The van der Waals surface area contributed by atoms with Crippen molar-refractivity contribution in [3.8, 4) is 0 Å². The highest BCUT2D eigenvalue weighted by Crippen LogP contribution is 2.28. The molecule has 0 aromatic rings. The van der Waals surface area contributed by atoms with E-state index in [0.717, 1.165) is 31.6 Å². The lowest BCUT2D eigenvalue weighted by atomic mass is 9.84. The summed E-state index contributed by atoms with van der Waals surface area (Å²) in [7, 11) is -3.34. The van der Waals surface area contributed by atoms with Gasteiger partial charge < -0.3 is 5.11 Å². The molecule has 5 heteroatoms. The molecule has 4 nitrogen and oxygen atoms in total. The minimum Gasteiger partial charge on any atom is -0.395 e. The Bertz CT molecular complexity index is 308. The fourth-order valence-corrected chi connectivity index (χ4v) is 3.55. The summed E-state index contributed by atoms with van der Waals surface area (Å²) in [6, 6.07) is 0.0714. The number of hydrogen-bond acceptors (Lipinski definition) is 3. The Morgan fingerprint density at radius 1 is 1.29 bits per heavy atom. The monoisotopic (exact) mass is 263 g/mol. The van der Waals surface area contributed by atoms with Crippen molar-refractivity contribution in [2.45, 2.75) is 63.7 Å². The molecule has 1 fully saturated rings. The van der Waals surface area contributed by atoms with Gasteiger partial charge >= 0.3 is 0 Å². The van der Waals surface area contributed by atoms with Crippen molar-refractivity contribution in [3.05, 3.63) is 0 Å². The molecule has 1 aliphatic carbocycles. The van der Waals surface area contributed by atoms with Gasteiger partial charge in [0.2, 0.25) is 10.0 Å². The number of aliphatic hydroxyl groups is 1. The minimum absolute atomic E-state index is 0.0714. The van der Waals surface area contributed by atoms with Crippen LogP contribution in [0.15, 0.2) is 0 Å². The van der Waals surface area contributed by atoms with E-state index in [9.17, 15) is 8.42 Å². The van der Waals surface area contributed by atoms with E-state index >= 15 is 0 Å². The van der Waals surface area contributed by atoms with Crippen molar-refractivity contribution >= 4 is 10.0 Å². The Balaban J connectivity index is 2.40. The first kappa shape index (κ1) is 14.9. The van der Waals surface area contributed by atoms with Crippen LogP contribution in [-0.4, -0.2) is 31.4 Å². The molecule has 0 heterocycles. The quantitative estimate of drug-likeness (QED) is 0.765. The second-order valence-electron chi connectivity index (χ2n) is 5.16. The van der Waals surface area contributed by atoms with E-state index < -0.39 is 15.3 Å². The van der Waals surface area contributed by atoms with Crippen molar-refractivity contribution in [1.29, 1.82) is 0 Å². The standard InChI is InChI=1S/C12H25NO3S/c1-3-4-11-5-7-12(8-6-11)13-17(15,16)10(2)9-14/h10-14H,3-9H2,1-2H3. The molecule has 2 N–H and O–H groups in total. The third-order valence-corrected chi connectivity index (χ3v) is 5.53. The van der Waals surface area contributed by atoms with Crippen LogP contribution in [0.2, 0.25) is 0 Å². The van der Waals surface area contributed by atoms with Gasteiger partial charge in [-0.25, -0.2) is 13.1 Å². The van der Waals surface area contributed by atoms with E-state index in [1.54, 1.807) is 0 Å². The summed E-state index contributed by atoms with van der Waals surface area (Å²) in [6.07, 6.45) is 6.57. The van der Waals surface area contributed by atoms with Gasteiger partial charge in [0.05, 0.1) is 11.9 Å². The fourth-order valence-electron chi connectivity index (χ4n) is 2.42. The minimum atomic E-state index is -3.34. The molecule has 1 atom stereocenters. The van der Waals surface area contributed by atoms with Gasteiger partial charge in [-0.2, -0.15) is 0 Å². The van der Waals surface area contributed by atoms with Crippen molar-refractivity contribution in [3.63, 3.8) is 0 Å². The van der Waals surface area contributed by atoms with Gasteiger partial charge in [0.15, 0.2) is 0 Å². The number of hydrogen-bond donors (Lipinski definition) is 2. The predicted molar refractivity (Wildman–Crippen MR) is 69.3 cm³/mol. The molecule has 0 amide bonds. The lowest BCUT2D eigenvalue weighted by Gasteiger charge is -2.29. The van der Waals surface area contributed by atoms with Gasteiger partial charge in [0.25, 0.3) is 0 Å². The summed E-state index contributed by atoms with van der Waals surface area (Å²) >= 11 is 0. The van der Waals surface area contributed by atoms with Crippen molar-refractivity contribution < 1.29 is 13.5 Å². The molecule has 0 bridgehead atoms. The zero-order valence-electron chi connectivity index (χ0n) is 10.9. The zero-order valence-corrected chi connectivity index (χ0v) is 11.7. The Morgan fingerprint density at radius 3 is 2.35 bits per heavy atom. The lowest BCUT2D eigenvalue weighted by molar-refractivity contribution is 0.285. The van der Waals surface area contributed by atoms with E-state index in [1.165, 1.54) is 19.8 Å². The first-order valence-electron chi connectivity index (χ1n) is 6.61. The Hall–Kier alpha value is -0.130. The maximum atomic E-state index is 11.8. The van der Waals surface area contributed by atoms with E-state index in [-0.39, 0.29) is 12.6 Å². The Kier molecular flexibility index (Phi) is 5.89. The largest absolute Gasteiger partial charge is 0.395 e. The van der Waals surface area contributed by atoms with E-state index in [1.807, 2.05) is 0 Å². The van der Waals surface area contributed by atoms with E-state index in [4.69, 9.17) is 5.11 Å². The summed E-state index contributed by atoms with van der Waals surface area (Å²) in [5.74, 6) is 0.774. The normalized spacial score (nSPS) is 27.9. The lowest BCUT2D eigenvalue weighted by Crippen LogP contribution is -2.42. The van der Waals surface area contributed by atoms with Gasteiger partial charge in [0, 0.05) is 6.04 Å². The smallest absolute Gasteiger partial charge is 0.216 e. The summed E-state index contributed by atoms with van der Waals surface area (Å²) in [5.41, 5.74) is 0. The summed E-state index contributed by atoms with van der Waals surface area (Å²) < 4.78 is 26.3. The molecule has 1 rings (SSSR count).